The van der Waals surface area contributed by atoms with Crippen LogP contribution in [0.25, 0.3) is 0 Å². The quantitative estimate of drug-likeness (QED) is 0.757. The molecule has 108 valence electrons. The van der Waals surface area contributed by atoms with Crippen molar-refractivity contribution >= 4 is 16.0 Å². The monoisotopic (exact) mass is 299 g/mol. The number of nitrogens with zero attached hydrogens (tertiary/aromatic N) is 1. The van der Waals surface area contributed by atoms with Crippen molar-refractivity contribution < 1.29 is 22.4 Å². The number of carbonyl (C=O) groups is 1. The van der Waals surface area contributed by atoms with E-state index in [1.54, 1.807) is 19.1 Å². The molecule has 2 heterocycles. The predicted octanol–water partition coefficient (Wildman–Crippen LogP) is 0.658. The second-order valence-corrected chi connectivity index (χ2v) is 5.44. The standard InChI is InChI=1S/C11H13N3O5S/c1-2-18-11(15)9-7-12-14-10(9)20(16,17)13-6-8-4-3-5-19-8/h3-5,7,13H,2,6H2,1H3,(H,12,14). The summed E-state index contributed by atoms with van der Waals surface area (Å²) >= 11 is 0. The lowest BCUT2D eigenvalue weighted by Gasteiger charge is -2.05. The van der Waals surface area contributed by atoms with Crippen LogP contribution < -0.4 is 4.72 Å². The van der Waals surface area contributed by atoms with Crippen molar-refractivity contribution in [2.75, 3.05) is 6.61 Å². The highest BCUT2D eigenvalue weighted by Crippen LogP contribution is 2.13. The van der Waals surface area contributed by atoms with Crippen LogP contribution in [0.1, 0.15) is 23.0 Å². The van der Waals surface area contributed by atoms with Gasteiger partial charge in [-0.15, -0.1) is 0 Å². The first-order valence-corrected chi connectivity index (χ1v) is 7.25. The zero-order chi connectivity index (χ0) is 14.6. The Hall–Kier alpha value is -2.13. The van der Waals surface area contributed by atoms with Gasteiger partial charge in [0.25, 0.3) is 10.0 Å². The molecule has 2 N–H and O–H groups in total. The summed E-state index contributed by atoms with van der Waals surface area (Å²) in [5.74, 6) is -0.301. The van der Waals surface area contributed by atoms with Crippen LogP contribution in [-0.2, 0) is 21.3 Å². The highest BCUT2D eigenvalue weighted by molar-refractivity contribution is 7.89. The van der Waals surface area contributed by atoms with E-state index < -0.39 is 16.0 Å². The van der Waals surface area contributed by atoms with Gasteiger partial charge in [-0.1, -0.05) is 0 Å². The summed E-state index contributed by atoms with van der Waals surface area (Å²) in [7, 11) is -3.92. The molecule has 0 atom stereocenters. The van der Waals surface area contributed by atoms with Gasteiger partial charge in [0.2, 0.25) is 0 Å². The molecule has 0 aromatic carbocycles. The normalized spacial score (nSPS) is 11.4. The number of aromatic amines is 1. The minimum atomic E-state index is -3.92. The molecule has 0 saturated heterocycles. The number of carbonyl (C=O) groups excluding carboxylic acids is 1. The minimum absolute atomic E-state index is 0.0311. The first-order valence-electron chi connectivity index (χ1n) is 5.77. The first-order chi connectivity index (χ1) is 9.54. The third-order valence-electron chi connectivity index (χ3n) is 2.38. The highest BCUT2D eigenvalue weighted by atomic mass is 32.2. The van der Waals surface area contributed by atoms with Crippen LogP contribution >= 0.6 is 0 Å². The fraction of sp³-hybridized carbons (Fsp3) is 0.273. The van der Waals surface area contributed by atoms with Crippen LogP contribution in [-0.4, -0.2) is 31.2 Å². The molecule has 8 nitrogen and oxygen atoms in total. The van der Waals surface area contributed by atoms with Crippen molar-refractivity contribution in [3.63, 3.8) is 0 Å². The predicted molar refractivity (Wildman–Crippen MR) is 67.3 cm³/mol. The van der Waals surface area contributed by atoms with Gasteiger partial charge >= 0.3 is 5.97 Å². The third-order valence-corrected chi connectivity index (χ3v) is 3.76. The fourth-order valence-corrected chi connectivity index (χ4v) is 2.56. The second kappa shape index (κ2) is 5.88. The maximum absolute atomic E-state index is 12.1. The molecule has 0 aliphatic heterocycles. The van der Waals surface area contributed by atoms with Gasteiger partial charge in [0, 0.05) is 0 Å². The number of hydrogen-bond acceptors (Lipinski definition) is 6. The second-order valence-electron chi connectivity index (χ2n) is 3.74. The molecule has 0 radical (unpaired) electrons. The van der Waals surface area contributed by atoms with Gasteiger partial charge in [-0.2, -0.15) is 5.10 Å². The number of nitrogens with one attached hydrogen (secondary N) is 2. The Kier molecular flexibility index (Phi) is 4.20. The summed E-state index contributed by atoms with van der Waals surface area (Å²) in [4.78, 5) is 11.6. The topological polar surface area (TPSA) is 114 Å². The van der Waals surface area contributed by atoms with Gasteiger partial charge in [0.15, 0.2) is 5.03 Å². The van der Waals surface area contributed by atoms with Crippen molar-refractivity contribution in [3.8, 4) is 0 Å². The van der Waals surface area contributed by atoms with E-state index in [-0.39, 0.29) is 23.7 Å². The number of sulfonamides is 1. The Morgan fingerprint density at radius 2 is 2.35 bits per heavy atom. The number of esters is 1. The number of ether oxygens (including phenoxy) is 1. The lowest BCUT2D eigenvalue weighted by Crippen LogP contribution is -2.25. The zero-order valence-corrected chi connectivity index (χ0v) is 11.4. The Bertz CT molecular complexity index is 675. The van der Waals surface area contributed by atoms with E-state index in [2.05, 4.69) is 14.9 Å². The molecular formula is C11H13N3O5S. The van der Waals surface area contributed by atoms with Crippen molar-refractivity contribution in [2.24, 2.45) is 0 Å². The molecule has 2 rings (SSSR count). The molecule has 9 heteroatoms. The highest BCUT2D eigenvalue weighted by Gasteiger charge is 2.25. The maximum Gasteiger partial charge on any atom is 0.342 e. The number of furan rings is 1. The van der Waals surface area contributed by atoms with Crippen LogP contribution in [0.15, 0.2) is 34.0 Å². The molecule has 2 aromatic rings. The van der Waals surface area contributed by atoms with Crippen molar-refractivity contribution in [1.82, 2.24) is 14.9 Å². The summed E-state index contributed by atoms with van der Waals surface area (Å²) in [5, 5.41) is 5.52. The Balaban J connectivity index is 2.17. The Morgan fingerprint density at radius 3 is 3.00 bits per heavy atom. The van der Waals surface area contributed by atoms with Gasteiger partial charge in [0.05, 0.1) is 25.6 Å². The SMILES string of the molecule is CCOC(=O)c1cn[nH]c1S(=O)(=O)NCc1ccco1. The van der Waals surface area contributed by atoms with Crippen molar-refractivity contribution in [2.45, 2.75) is 18.5 Å². The number of aromatic nitrogens is 2. The van der Waals surface area contributed by atoms with Crippen molar-refractivity contribution in [3.05, 3.63) is 35.9 Å². The van der Waals surface area contributed by atoms with Crippen LogP contribution in [0.4, 0.5) is 0 Å². The maximum atomic E-state index is 12.1. The van der Waals surface area contributed by atoms with E-state index >= 15 is 0 Å². The third kappa shape index (κ3) is 3.06. The molecule has 20 heavy (non-hydrogen) atoms. The fourth-order valence-electron chi connectivity index (χ4n) is 1.48. The average Bonchev–Trinajstić information content (AvgIpc) is 3.08. The van der Waals surface area contributed by atoms with Gasteiger partial charge in [-0.25, -0.2) is 17.9 Å². The van der Waals surface area contributed by atoms with E-state index in [4.69, 9.17) is 9.15 Å². The molecule has 0 spiro atoms. The molecule has 0 fully saturated rings. The van der Waals surface area contributed by atoms with Crippen LogP contribution in [0.2, 0.25) is 0 Å². The molecular weight excluding hydrogens is 286 g/mol. The molecule has 0 bridgehead atoms. The smallest absolute Gasteiger partial charge is 0.342 e. The van der Waals surface area contributed by atoms with E-state index in [0.717, 1.165) is 6.20 Å². The van der Waals surface area contributed by atoms with Crippen molar-refractivity contribution in [1.29, 1.82) is 0 Å². The number of rotatable bonds is 6. The molecule has 0 unspecified atom stereocenters. The Morgan fingerprint density at radius 1 is 1.55 bits per heavy atom. The van der Waals surface area contributed by atoms with E-state index in [1.165, 1.54) is 6.26 Å². The zero-order valence-electron chi connectivity index (χ0n) is 10.6. The summed E-state index contributed by atoms with van der Waals surface area (Å²) in [5.41, 5.74) is -0.140. The van der Waals surface area contributed by atoms with Crippen LogP contribution in [0.3, 0.4) is 0 Å². The number of H-pyrrole nitrogens is 1. The lowest BCUT2D eigenvalue weighted by atomic mass is 10.4. The van der Waals surface area contributed by atoms with E-state index in [0.29, 0.717) is 5.76 Å². The number of hydrogen-bond donors (Lipinski definition) is 2. The summed E-state index contributed by atoms with van der Waals surface area (Å²) in [6.07, 6.45) is 2.54. The first kappa shape index (κ1) is 14.3. The summed E-state index contributed by atoms with van der Waals surface area (Å²) in [6.45, 7) is 1.74. The van der Waals surface area contributed by atoms with E-state index in [1.807, 2.05) is 0 Å². The van der Waals surface area contributed by atoms with Crippen LogP contribution in [0, 0.1) is 0 Å². The molecule has 2 aromatic heterocycles. The molecule has 0 amide bonds. The molecule has 0 aliphatic rings. The van der Waals surface area contributed by atoms with Gasteiger partial charge in [-0.3, -0.25) is 5.10 Å². The van der Waals surface area contributed by atoms with Gasteiger partial charge in [0.1, 0.15) is 11.3 Å². The Labute approximate surface area is 115 Å². The molecule has 0 saturated carbocycles. The van der Waals surface area contributed by atoms with E-state index in [9.17, 15) is 13.2 Å². The summed E-state index contributed by atoms with van der Waals surface area (Å²) < 4.78 is 36.3. The largest absolute Gasteiger partial charge is 0.468 e. The van der Waals surface area contributed by atoms with Gasteiger partial charge < -0.3 is 9.15 Å². The minimum Gasteiger partial charge on any atom is -0.468 e. The lowest BCUT2D eigenvalue weighted by molar-refractivity contribution is 0.0522. The average molecular weight is 299 g/mol. The van der Waals surface area contributed by atoms with Crippen LogP contribution in [0.5, 0.6) is 0 Å². The van der Waals surface area contributed by atoms with Gasteiger partial charge in [-0.05, 0) is 19.1 Å². The molecule has 0 aliphatic carbocycles. The summed E-state index contributed by atoms with van der Waals surface area (Å²) in [6, 6.07) is 3.27.